The highest BCUT2D eigenvalue weighted by atomic mass is 35.5. The highest BCUT2D eigenvalue weighted by Crippen LogP contribution is 2.28. The number of aryl methyl sites for hydroxylation is 1. The Morgan fingerprint density at radius 2 is 2.33 bits per heavy atom. The Morgan fingerprint density at radius 3 is 2.75 bits per heavy atom. The lowest BCUT2D eigenvalue weighted by molar-refractivity contribution is -0.384. The van der Waals surface area contributed by atoms with Gasteiger partial charge < -0.3 is 5.73 Å². The number of nitro groups is 1. The van der Waals surface area contributed by atoms with E-state index in [1.165, 1.54) is 6.07 Å². The lowest BCUT2D eigenvalue weighted by Crippen LogP contribution is -1.99. The van der Waals surface area contributed by atoms with E-state index in [9.17, 15) is 10.1 Å². The van der Waals surface area contributed by atoms with Crippen LogP contribution in [-0.2, 0) is 0 Å². The first-order chi connectivity index (χ1) is 5.52. The van der Waals surface area contributed by atoms with Crippen LogP contribution in [0, 0.1) is 17.0 Å². The molecule has 0 amide bonds. The molecule has 0 saturated heterocycles. The predicted octanol–water partition coefficient (Wildman–Crippen LogP) is 1.53. The van der Waals surface area contributed by atoms with Gasteiger partial charge >= 0.3 is 5.69 Å². The fourth-order valence-electron chi connectivity index (χ4n) is 0.833. The maximum atomic E-state index is 10.4. The Hall–Kier alpha value is -1.36. The van der Waals surface area contributed by atoms with E-state index in [1.54, 1.807) is 6.92 Å². The average Bonchev–Trinajstić information content (AvgIpc) is 1.82. The van der Waals surface area contributed by atoms with E-state index in [0.717, 1.165) is 0 Å². The molecule has 0 aliphatic rings. The summed E-state index contributed by atoms with van der Waals surface area (Å²) >= 11 is 5.50. The number of hydrogen-bond donors (Lipinski definition) is 1. The van der Waals surface area contributed by atoms with Crippen molar-refractivity contribution in [2.24, 2.45) is 0 Å². The lowest BCUT2D eigenvalue weighted by atomic mass is 10.3. The fourth-order valence-corrected chi connectivity index (χ4v) is 1.14. The topological polar surface area (TPSA) is 82.0 Å². The largest absolute Gasteiger partial charge is 0.393 e. The number of anilines is 1. The van der Waals surface area contributed by atoms with Gasteiger partial charge in [-0.25, -0.2) is 4.98 Å². The third-order valence-corrected chi connectivity index (χ3v) is 1.55. The lowest BCUT2D eigenvalue weighted by Gasteiger charge is -1.99. The van der Waals surface area contributed by atoms with Crippen molar-refractivity contribution in [1.29, 1.82) is 0 Å². The Balaban J connectivity index is 3.38. The SMILES string of the molecule is Cc1cc(N)c([N+](=O)[O-])c(Cl)n1. The monoisotopic (exact) mass is 187 g/mol. The zero-order chi connectivity index (χ0) is 9.30. The van der Waals surface area contributed by atoms with Crippen molar-refractivity contribution in [2.75, 3.05) is 5.73 Å². The summed E-state index contributed by atoms with van der Waals surface area (Å²) in [5, 5.41) is 10.2. The molecule has 0 atom stereocenters. The van der Waals surface area contributed by atoms with E-state index in [1.807, 2.05) is 0 Å². The zero-order valence-electron chi connectivity index (χ0n) is 6.24. The van der Waals surface area contributed by atoms with Crippen LogP contribution in [0.5, 0.6) is 0 Å². The van der Waals surface area contributed by atoms with E-state index in [-0.39, 0.29) is 16.5 Å². The minimum atomic E-state index is -0.649. The van der Waals surface area contributed by atoms with Crippen molar-refractivity contribution in [1.82, 2.24) is 4.98 Å². The molecular formula is C6H6ClN3O2. The number of aromatic nitrogens is 1. The zero-order valence-corrected chi connectivity index (χ0v) is 7.00. The smallest absolute Gasteiger partial charge is 0.329 e. The average molecular weight is 188 g/mol. The van der Waals surface area contributed by atoms with Gasteiger partial charge in [0.1, 0.15) is 5.69 Å². The van der Waals surface area contributed by atoms with Crippen LogP contribution in [0.4, 0.5) is 11.4 Å². The second kappa shape index (κ2) is 2.94. The Kier molecular flexibility index (Phi) is 2.14. The van der Waals surface area contributed by atoms with E-state index >= 15 is 0 Å². The minimum absolute atomic E-state index is 0.0394. The number of nitrogens with two attached hydrogens (primary N) is 1. The normalized spacial score (nSPS) is 9.83. The summed E-state index contributed by atoms with van der Waals surface area (Å²) in [5.74, 6) is 0. The molecule has 0 aromatic carbocycles. The molecular weight excluding hydrogens is 182 g/mol. The molecule has 1 aromatic rings. The molecule has 0 aliphatic heterocycles. The van der Waals surface area contributed by atoms with E-state index < -0.39 is 4.92 Å². The van der Waals surface area contributed by atoms with Crippen LogP contribution in [0.15, 0.2) is 6.07 Å². The third kappa shape index (κ3) is 1.45. The van der Waals surface area contributed by atoms with Gasteiger partial charge in [0.05, 0.1) is 4.92 Å². The van der Waals surface area contributed by atoms with Crippen LogP contribution < -0.4 is 5.73 Å². The first kappa shape index (κ1) is 8.73. The van der Waals surface area contributed by atoms with Crippen LogP contribution >= 0.6 is 11.6 Å². The van der Waals surface area contributed by atoms with Crippen molar-refractivity contribution in [3.8, 4) is 0 Å². The van der Waals surface area contributed by atoms with Gasteiger partial charge in [-0.3, -0.25) is 10.1 Å². The molecule has 5 nitrogen and oxygen atoms in total. The van der Waals surface area contributed by atoms with E-state index in [2.05, 4.69) is 4.98 Å². The summed E-state index contributed by atoms with van der Waals surface area (Å²) in [6, 6.07) is 1.41. The predicted molar refractivity (Wildman–Crippen MR) is 45.1 cm³/mol. The van der Waals surface area contributed by atoms with Gasteiger partial charge in [-0.2, -0.15) is 0 Å². The van der Waals surface area contributed by atoms with Crippen molar-refractivity contribution < 1.29 is 4.92 Å². The van der Waals surface area contributed by atoms with Gasteiger partial charge in [-0.1, -0.05) is 11.6 Å². The van der Waals surface area contributed by atoms with Gasteiger partial charge in [0.25, 0.3) is 0 Å². The molecule has 6 heteroatoms. The number of hydrogen-bond acceptors (Lipinski definition) is 4. The van der Waals surface area contributed by atoms with Crippen LogP contribution in [0.25, 0.3) is 0 Å². The summed E-state index contributed by atoms with van der Waals surface area (Å²) in [6.07, 6.45) is 0. The number of halogens is 1. The standard InChI is InChI=1S/C6H6ClN3O2/c1-3-2-4(8)5(10(11)12)6(7)9-3/h2H,1H3,(H2,8,9). The van der Waals surface area contributed by atoms with Gasteiger partial charge in [0.15, 0.2) is 0 Å². The summed E-state index contributed by atoms with van der Waals surface area (Å²) in [7, 11) is 0. The minimum Gasteiger partial charge on any atom is -0.393 e. The molecule has 64 valence electrons. The number of rotatable bonds is 1. The molecule has 0 bridgehead atoms. The molecule has 0 fully saturated rings. The van der Waals surface area contributed by atoms with Crippen molar-refractivity contribution in [3.05, 3.63) is 27.0 Å². The molecule has 2 N–H and O–H groups in total. The van der Waals surface area contributed by atoms with Crippen molar-refractivity contribution in [2.45, 2.75) is 6.92 Å². The third-order valence-electron chi connectivity index (χ3n) is 1.29. The maximum absolute atomic E-state index is 10.4. The molecule has 0 spiro atoms. The molecule has 1 heterocycles. The summed E-state index contributed by atoms with van der Waals surface area (Å²) in [5.41, 5.74) is 5.62. The fraction of sp³-hybridized carbons (Fsp3) is 0.167. The summed E-state index contributed by atoms with van der Waals surface area (Å²) in [4.78, 5) is 13.4. The Bertz CT molecular complexity index is 317. The van der Waals surface area contributed by atoms with Crippen molar-refractivity contribution >= 4 is 23.0 Å². The quantitative estimate of drug-likeness (QED) is 0.411. The van der Waals surface area contributed by atoms with Crippen molar-refractivity contribution in [3.63, 3.8) is 0 Å². The van der Waals surface area contributed by atoms with Crippen LogP contribution in [0.3, 0.4) is 0 Å². The summed E-state index contributed by atoms with van der Waals surface area (Å²) in [6.45, 7) is 1.66. The second-order valence-corrected chi connectivity index (χ2v) is 2.61. The number of nitrogens with zero attached hydrogens (tertiary/aromatic N) is 2. The molecule has 0 aliphatic carbocycles. The molecule has 0 saturated carbocycles. The first-order valence-electron chi connectivity index (χ1n) is 3.09. The van der Waals surface area contributed by atoms with Gasteiger partial charge in [0.2, 0.25) is 5.15 Å². The molecule has 1 rings (SSSR count). The van der Waals surface area contributed by atoms with E-state index in [4.69, 9.17) is 17.3 Å². The molecule has 0 unspecified atom stereocenters. The van der Waals surface area contributed by atoms with E-state index in [0.29, 0.717) is 5.69 Å². The van der Waals surface area contributed by atoms with Gasteiger partial charge in [-0.15, -0.1) is 0 Å². The van der Waals surface area contributed by atoms with Gasteiger partial charge in [0, 0.05) is 5.69 Å². The molecule has 12 heavy (non-hydrogen) atoms. The number of pyridine rings is 1. The highest BCUT2D eigenvalue weighted by molar-refractivity contribution is 6.32. The Morgan fingerprint density at radius 1 is 1.75 bits per heavy atom. The Labute approximate surface area is 73.3 Å². The number of nitrogen functional groups attached to an aromatic ring is 1. The molecule has 0 radical (unpaired) electrons. The second-order valence-electron chi connectivity index (χ2n) is 2.25. The highest BCUT2D eigenvalue weighted by Gasteiger charge is 2.18. The molecule has 1 aromatic heterocycles. The van der Waals surface area contributed by atoms with Crippen LogP contribution in [-0.4, -0.2) is 9.91 Å². The first-order valence-corrected chi connectivity index (χ1v) is 3.47. The van der Waals surface area contributed by atoms with Crippen LogP contribution in [0.2, 0.25) is 5.15 Å². The van der Waals surface area contributed by atoms with Gasteiger partial charge in [-0.05, 0) is 13.0 Å². The van der Waals surface area contributed by atoms with Crippen LogP contribution in [0.1, 0.15) is 5.69 Å². The summed E-state index contributed by atoms with van der Waals surface area (Å²) < 4.78 is 0. The maximum Gasteiger partial charge on any atom is 0.329 e.